The quantitative estimate of drug-likeness (QED) is 0.0328. The lowest BCUT2D eigenvalue weighted by Crippen LogP contribution is -2.47. The van der Waals surface area contributed by atoms with Gasteiger partial charge in [-0.05, 0) is 289 Å². The molecule has 0 radical (unpaired) electrons. The van der Waals surface area contributed by atoms with Crippen LogP contribution in [0.15, 0.2) is 144 Å². The molecule has 0 aromatic heterocycles. The van der Waals surface area contributed by atoms with Crippen LogP contribution < -0.4 is 0 Å². The van der Waals surface area contributed by atoms with Crippen molar-refractivity contribution in [3.63, 3.8) is 0 Å². The Morgan fingerprint density at radius 3 is 1.04 bits per heavy atom. The summed E-state index contributed by atoms with van der Waals surface area (Å²) in [5, 5.41) is 11.0. The van der Waals surface area contributed by atoms with Crippen LogP contribution in [-0.2, 0) is 48.0 Å². The molecule has 4 heterocycles. The molecular formula is C95H145Cl2F5N4O4. The highest BCUT2D eigenvalue weighted by atomic mass is 35.5. The van der Waals surface area contributed by atoms with Crippen molar-refractivity contribution < 1.29 is 41.3 Å². The van der Waals surface area contributed by atoms with Crippen LogP contribution in [0.4, 0.5) is 22.0 Å². The van der Waals surface area contributed by atoms with Gasteiger partial charge in [0.25, 0.3) is 5.92 Å². The fourth-order valence-electron chi connectivity index (χ4n) is 17.5. The van der Waals surface area contributed by atoms with E-state index >= 15 is 0 Å². The van der Waals surface area contributed by atoms with Gasteiger partial charge in [-0.1, -0.05) is 205 Å². The van der Waals surface area contributed by atoms with E-state index in [9.17, 15) is 27.1 Å². The lowest BCUT2D eigenvalue weighted by Gasteiger charge is -2.47. The molecule has 1 N–H and O–H groups in total. The zero-order chi connectivity index (χ0) is 81.3. The molecule has 4 aromatic rings. The molecule has 5 aliphatic rings. The van der Waals surface area contributed by atoms with Crippen molar-refractivity contribution >= 4 is 23.2 Å². The van der Waals surface area contributed by atoms with Crippen LogP contribution in [0.25, 0.3) is 0 Å². The summed E-state index contributed by atoms with van der Waals surface area (Å²) in [6.45, 7) is 47.7. The molecule has 4 unspecified atom stereocenters. The number of aliphatic hydroxyl groups is 1. The van der Waals surface area contributed by atoms with Gasteiger partial charge in [0, 0.05) is 87.2 Å². The third kappa shape index (κ3) is 31.4. The molecule has 618 valence electrons. The molecule has 5 fully saturated rings. The van der Waals surface area contributed by atoms with Crippen molar-refractivity contribution in [1.82, 2.24) is 19.6 Å². The van der Waals surface area contributed by atoms with E-state index in [-0.39, 0.29) is 33.3 Å². The summed E-state index contributed by atoms with van der Waals surface area (Å²) in [4.78, 5) is 10.4. The zero-order valence-electron chi connectivity index (χ0n) is 71.4. The number of nitrogens with zero attached hydrogens (tertiary/aromatic N) is 4. The second kappa shape index (κ2) is 44.2. The molecule has 110 heavy (non-hydrogen) atoms. The van der Waals surface area contributed by atoms with Gasteiger partial charge in [-0.15, -0.1) is 0 Å². The maximum Gasteiger partial charge on any atom is 0.416 e. The second-order valence-electron chi connectivity index (χ2n) is 36.8. The van der Waals surface area contributed by atoms with Crippen molar-refractivity contribution in [3.8, 4) is 0 Å². The van der Waals surface area contributed by atoms with E-state index in [1.807, 2.05) is 36.4 Å². The minimum Gasteiger partial charge on any atom is -0.396 e. The van der Waals surface area contributed by atoms with Crippen molar-refractivity contribution in [2.24, 2.45) is 17.3 Å². The smallest absolute Gasteiger partial charge is 0.396 e. The number of methoxy groups -OCH3 is 2. The van der Waals surface area contributed by atoms with E-state index in [1.165, 1.54) is 116 Å². The third-order valence-electron chi connectivity index (χ3n) is 24.5. The Labute approximate surface area is 674 Å². The maximum absolute atomic E-state index is 13.6. The molecule has 15 heteroatoms. The summed E-state index contributed by atoms with van der Waals surface area (Å²) in [7, 11) is 3.46. The Morgan fingerprint density at radius 2 is 0.727 bits per heavy atom. The van der Waals surface area contributed by atoms with Crippen LogP contribution >= 0.6 is 23.2 Å². The first-order valence-corrected chi connectivity index (χ1v) is 42.4. The van der Waals surface area contributed by atoms with E-state index in [4.69, 9.17) is 37.4 Å². The van der Waals surface area contributed by atoms with E-state index in [1.54, 1.807) is 38.5 Å². The van der Waals surface area contributed by atoms with Gasteiger partial charge >= 0.3 is 6.18 Å². The average Bonchev–Trinajstić information content (AvgIpc) is 0.813. The molecule has 8 nitrogen and oxygen atoms in total. The summed E-state index contributed by atoms with van der Waals surface area (Å²) in [6, 6.07) is 30.9. The molecule has 1 aliphatic carbocycles. The van der Waals surface area contributed by atoms with Crippen LogP contribution in [0.5, 0.6) is 0 Å². The normalized spacial score (nSPS) is 18.9. The molecule has 1 spiro atoms. The molecule has 4 aromatic carbocycles. The highest BCUT2D eigenvalue weighted by Gasteiger charge is 2.40. The Kier molecular flexibility index (Phi) is 38.0. The summed E-state index contributed by atoms with van der Waals surface area (Å²) < 4.78 is 81.9. The predicted molar refractivity (Wildman–Crippen MR) is 455 cm³/mol. The summed E-state index contributed by atoms with van der Waals surface area (Å²) in [5.41, 5.74) is 10.2. The van der Waals surface area contributed by atoms with Gasteiger partial charge in [0.05, 0.1) is 24.9 Å². The predicted octanol–water partition coefficient (Wildman–Crippen LogP) is 24.8. The van der Waals surface area contributed by atoms with Gasteiger partial charge in [-0.3, -0.25) is 19.6 Å². The lowest BCUT2D eigenvalue weighted by molar-refractivity contribution is -0.137. The van der Waals surface area contributed by atoms with Crippen LogP contribution in [-0.4, -0.2) is 148 Å². The van der Waals surface area contributed by atoms with Gasteiger partial charge < -0.3 is 19.3 Å². The van der Waals surface area contributed by atoms with Crippen LogP contribution in [0.3, 0.4) is 0 Å². The van der Waals surface area contributed by atoms with Crippen LogP contribution in [0.2, 0.25) is 10.0 Å². The fraction of sp³-hybridized carbons (Fsp3) is 0.663. The number of allylic oxidation sites excluding steroid dienone is 4. The number of piperidine rings is 4. The van der Waals surface area contributed by atoms with E-state index in [2.05, 4.69) is 179 Å². The Hall–Kier alpha value is -4.25. The number of rotatable bonds is 29. The van der Waals surface area contributed by atoms with Gasteiger partial charge in [-0.25, -0.2) is 8.78 Å². The van der Waals surface area contributed by atoms with E-state index < -0.39 is 17.7 Å². The monoisotopic (exact) mass is 1570 g/mol. The maximum atomic E-state index is 13.6. The number of likely N-dealkylation sites (tertiary alicyclic amines) is 4. The van der Waals surface area contributed by atoms with Crippen LogP contribution in [0.1, 0.15) is 267 Å². The molecule has 0 amide bonds. The highest BCUT2D eigenvalue weighted by Crippen LogP contribution is 2.46. The summed E-state index contributed by atoms with van der Waals surface area (Å²) in [6.07, 6.45) is 27.6. The number of benzene rings is 4. The summed E-state index contributed by atoms with van der Waals surface area (Å²) in [5.74, 6) is -1.60. The zero-order valence-corrected chi connectivity index (χ0v) is 72.9. The largest absolute Gasteiger partial charge is 0.416 e. The molecule has 4 atom stereocenters. The van der Waals surface area contributed by atoms with Crippen molar-refractivity contribution in [3.05, 3.63) is 187 Å². The summed E-state index contributed by atoms with van der Waals surface area (Å²) >= 11 is 12.2. The standard InChI is InChI=1S/C27H43F2NO2.C25H38ClN.C22H32F3NO.C21H32ClNO/c1-21(2)19-25(30-14-11-22(12-15-30)13-16-32-18-17-31-6)20-26(3,4)23-7-9-24(10-8-23)27(5,28)29;1-20(2)18-23(19-24(3,4)21-8-10-22(26)11-9-21)27-16-14-25(15-17-27)12-6-5-7-13-25;1-16(2)14-19(26-12-10-20(27-5)11-13-26)15-21(3,4)17-6-8-18(9-7-17)22(23,24)25;1-16(2)13-20(23-11-9-17(15-24)10-12-23)14-21(3,4)18-5-7-19(22)8-6-18/h7-10,19,22,25H,11-18,20H2,1-6H3;8-11,18,23H,5-7,12-17,19H2,1-4H3;6-9,14,19-20H,10-13,15H2,1-5H3;5-8,13,17,20,24H,9-12,14-15H2,1-4H3. The topological polar surface area (TPSA) is 60.9 Å². The second-order valence-corrected chi connectivity index (χ2v) is 37.6. The average molecular weight is 1570 g/mol. The lowest BCUT2D eigenvalue weighted by atomic mass is 9.67. The number of hydrogen-bond donors (Lipinski definition) is 1. The van der Waals surface area contributed by atoms with Crippen molar-refractivity contribution in [2.45, 2.75) is 297 Å². The fourth-order valence-corrected chi connectivity index (χ4v) is 17.8. The number of hydrogen-bond acceptors (Lipinski definition) is 8. The van der Waals surface area contributed by atoms with Crippen LogP contribution in [0, 0.1) is 17.3 Å². The Balaban J connectivity index is 0.000000230. The van der Waals surface area contributed by atoms with E-state index in [0.717, 1.165) is 138 Å². The molecule has 9 rings (SSSR count). The SMILES string of the molecule is CC(C)=CC(CC(C)(C)c1ccc(Cl)cc1)N1CCC(CO)CC1.CC(C)=CC(CC(C)(C)c1ccc(Cl)cc1)N1CCC2(CCCCC2)CC1.COC1CCN(C(C=C(C)C)CC(C)(C)c2ccc(C(F)(F)F)cc2)CC1.COCCOCCC1CCN(C(C=C(C)C)CC(C)(C)c2ccc(C(C)(F)F)cc2)CC1. The third-order valence-corrected chi connectivity index (χ3v) is 25.0. The van der Waals surface area contributed by atoms with Gasteiger partial charge in [0.15, 0.2) is 0 Å². The Bertz CT molecular complexity index is 3390. The molecule has 0 bridgehead atoms. The first-order valence-electron chi connectivity index (χ1n) is 41.6. The van der Waals surface area contributed by atoms with Gasteiger partial charge in [-0.2, -0.15) is 13.2 Å². The van der Waals surface area contributed by atoms with E-state index in [0.29, 0.717) is 55.4 Å². The highest BCUT2D eigenvalue weighted by molar-refractivity contribution is 6.30. The first-order chi connectivity index (χ1) is 51.7. The number of halogens is 7. The number of aliphatic hydroxyl groups excluding tert-OH is 1. The van der Waals surface area contributed by atoms with Crippen molar-refractivity contribution in [1.29, 1.82) is 0 Å². The number of alkyl halides is 5. The Morgan fingerprint density at radius 1 is 0.418 bits per heavy atom. The van der Waals surface area contributed by atoms with Crippen molar-refractivity contribution in [2.75, 3.05) is 93.0 Å². The van der Waals surface area contributed by atoms with Gasteiger partial charge in [0.2, 0.25) is 0 Å². The van der Waals surface area contributed by atoms with Gasteiger partial charge in [0.1, 0.15) is 0 Å². The first kappa shape index (κ1) is 94.6. The minimum absolute atomic E-state index is 0.0752. The molecule has 4 saturated heterocycles. The number of ether oxygens (including phenoxy) is 3. The molecular weight excluding hydrogens is 1430 g/mol. The molecule has 4 aliphatic heterocycles. The molecule has 1 saturated carbocycles. The minimum atomic E-state index is -4.29.